The third-order valence-corrected chi connectivity index (χ3v) is 3.10. The summed E-state index contributed by atoms with van der Waals surface area (Å²) in [5.41, 5.74) is -0.278. The summed E-state index contributed by atoms with van der Waals surface area (Å²) >= 11 is 5.67. The Bertz CT molecular complexity index is 524. The van der Waals surface area contributed by atoms with Gasteiger partial charge in [0, 0.05) is 6.54 Å². The lowest BCUT2D eigenvalue weighted by atomic mass is 10.2. The van der Waals surface area contributed by atoms with E-state index >= 15 is 0 Å². The van der Waals surface area contributed by atoms with E-state index in [1.54, 1.807) is 0 Å². The van der Waals surface area contributed by atoms with Crippen LogP contribution < -0.4 is 4.90 Å². The number of ether oxygens (including phenoxy) is 1. The Hall–Kier alpha value is -1.96. The summed E-state index contributed by atoms with van der Waals surface area (Å²) in [5.74, 6) is -0.389. The zero-order valence-corrected chi connectivity index (χ0v) is 10.8. The lowest BCUT2D eigenvalue weighted by Crippen LogP contribution is -2.37. The van der Waals surface area contributed by atoms with Crippen molar-refractivity contribution in [3.8, 4) is 0 Å². The van der Waals surface area contributed by atoms with Gasteiger partial charge in [-0.3, -0.25) is 10.1 Å². The van der Waals surface area contributed by atoms with Gasteiger partial charge in [-0.15, -0.1) is 0 Å². The van der Waals surface area contributed by atoms with E-state index in [0.29, 0.717) is 13.0 Å². The molecule has 1 fully saturated rings. The molecule has 1 unspecified atom stereocenters. The predicted octanol–water partition coefficient (Wildman–Crippen LogP) is 1.18. The summed E-state index contributed by atoms with van der Waals surface area (Å²) in [7, 11) is 1.28. The first kappa shape index (κ1) is 13.5. The first-order valence-electron chi connectivity index (χ1n) is 5.56. The molecule has 8 nitrogen and oxygen atoms in total. The van der Waals surface area contributed by atoms with Gasteiger partial charge in [0.25, 0.3) is 0 Å². The van der Waals surface area contributed by atoms with Crippen LogP contribution in [-0.4, -0.2) is 40.6 Å². The minimum absolute atomic E-state index is 0.0536. The van der Waals surface area contributed by atoms with Crippen molar-refractivity contribution in [1.82, 2.24) is 9.97 Å². The molecule has 1 aromatic heterocycles. The Labute approximate surface area is 113 Å². The van der Waals surface area contributed by atoms with Crippen LogP contribution in [0.25, 0.3) is 0 Å². The number of hydrogen-bond donors (Lipinski definition) is 0. The SMILES string of the molecule is COC(=O)C1CCCN1c1nc(Cl)ncc1[N+](=O)[O-]. The number of aromatic nitrogens is 2. The fourth-order valence-electron chi connectivity index (χ4n) is 2.09. The zero-order valence-electron chi connectivity index (χ0n) is 10.1. The fourth-order valence-corrected chi connectivity index (χ4v) is 2.22. The molecule has 1 aliphatic rings. The number of esters is 1. The minimum Gasteiger partial charge on any atom is -0.467 e. The molecule has 1 aliphatic heterocycles. The molecule has 0 aliphatic carbocycles. The van der Waals surface area contributed by atoms with E-state index in [1.165, 1.54) is 12.0 Å². The highest BCUT2D eigenvalue weighted by atomic mass is 35.5. The number of methoxy groups -OCH3 is 1. The van der Waals surface area contributed by atoms with Gasteiger partial charge in [-0.1, -0.05) is 0 Å². The lowest BCUT2D eigenvalue weighted by molar-refractivity contribution is -0.384. The highest BCUT2D eigenvalue weighted by Gasteiger charge is 2.36. The van der Waals surface area contributed by atoms with Crippen LogP contribution in [0.5, 0.6) is 0 Å². The standard InChI is InChI=1S/C10H11ClN4O4/c1-19-9(16)6-3-2-4-14(6)8-7(15(17)18)5-12-10(11)13-8/h5-6H,2-4H2,1H3. The van der Waals surface area contributed by atoms with Crippen molar-refractivity contribution in [2.75, 3.05) is 18.6 Å². The molecule has 0 amide bonds. The maximum atomic E-state index is 11.7. The van der Waals surface area contributed by atoms with Crippen molar-refractivity contribution in [3.05, 3.63) is 21.6 Å². The summed E-state index contributed by atoms with van der Waals surface area (Å²) in [6.07, 6.45) is 2.32. The van der Waals surface area contributed by atoms with Gasteiger partial charge >= 0.3 is 11.7 Å². The average molecular weight is 287 g/mol. The van der Waals surface area contributed by atoms with Crippen molar-refractivity contribution in [2.24, 2.45) is 0 Å². The first-order chi connectivity index (χ1) is 9.04. The second-order valence-corrected chi connectivity index (χ2v) is 4.32. The highest BCUT2D eigenvalue weighted by molar-refractivity contribution is 6.28. The van der Waals surface area contributed by atoms with Crippen molar-refractivity contribution in [3.63, 3.8) is 0 Å². The Morgan fingerprint density at radius 1 is 1.68 bits per heavy atom. The van der Waals surface area contributed by atoms with Crippen LogP contribution in [0.4, 0.5) is 11.5 Å². The maximum absolute atomic E-state index is 11.7. The second kappa shape index (κ2) is 5.35. The molecular formula is C10H11ClN4O4. The molecule has 0 bridgehead atoms. The van der Waals surface area contributed by atoms with Gasteiger partial charge < -0.3 is 9.64 Å². The molecule has 0 saturated carbocycles. The quantitative estimate of drug-likeness (QED) is 0.356. The zero-order chi connectivity index (χ0) is 14.0. The van der Waals surface area contributed by atoms with Gasteiger partial charge in [-0.05, 0) is 24.4 Å². The van der Waals surface area contributed by atoms with Crippen molar-refractivity contribution in [1.29, 1.82) is 0 Å². The Morgan fingerprint density at radius 3 is 3.05 bits per heavy atom. The number of carbonyl (C=O) groups excluding carboxylic acids is 1. The summed E-state index contributed by atoms with van der Waals surface area (Å²) in [5, 5.41) is 10.9. The second-order valence-electron chi connectivity index (χ2n) is 3.98. The van der Waals surface area contributed by atoms with Crippen LogP contribution in [0, 0.1) is 10.1 Å². The van der Waals surface area contributed by atoms with Gasteiger partial charge in [0.05, 0.1) is 12.0 Å². The van der Waals surface area contributed by atoms with E-state index in [0.717, 1.165) is 12.6 Å². The number of rotatable bonds is 3. The van der Waals surface area contributed by atoms with Gasteiger partial charge in [-0.25, -0.2) is 9.78 Å². The molecule has 0 radical (unpaired) electrons. The summed E-state index contributed by atoms with van der Waals surface area (Å²) in [4.78, 5) is 31.0. The number of nitro groups is 1. The Morgan fingerprint density at radius 2 is 2.42 bits per heavy atom. The van der Waals surface area contributed by atoms with Crippen molar-refractivity contribution >= 4 is 29.1 Å². The molecule has 0 spiro atoms. The van der Waals surface area contributed by atoms with Crippen molar-refractivity contribution in [2.45, 2.75) is 18.9 Å². The Kier molecular flexibility index (Phi) is 3.79. The topological polar surface area (TPSA) is 98.5 Å². The van der Waals surface area contributed by atoms with Crippen LogP contribution in [-0.2, 0) is 9.53 Å². The van der Waals surface area contributed by atoms with E-state index in [1.807, 2.05) is 0 Å². The number of carbonyl (C=O) groups is 1. The van der Waals surface area contributed by atoms with Gasteiger partial charge in [0.1, 0.15) is 12.2 Å². The minimum atomic E-state index is -0.599. The van der Waals surface area contributed by atoms with Crippen LogP contribution in [0.1, 0.15) is 12.8 Å². The highest BCUT2D eigenvalue weighted by Crippen LogP contribution is 2.32. The number of halogens is 1. The van der Waals surface area contributed by atoms with E-state index in [9.17, 15) is 14.9 Å². The molecule has 19 heavy (non-hydrogen) atoms. The normalized spacial score (nSPS) is 18.4. The molecule has 1 aromatic rings. The molecule has 1 saturated heterocycles. The van der Waals surface area contributed by atoms with E-state index in [4.69, 9.17) is 11.6 Å². The fraction of sp³-hybridized carbons (Fsp3) is 0.500. The predicted molar refractivity (Wildman–Crippen MR) is 66.1 cm³/mol. The molecule has 9 heteroatoms. The molecule has 1 atom stereocenters. The van der Waals surface area contributed by atoms with E-state index in [-0.39, 0.29) is 16.8 Å². The van der Waals surface area contributed by atoms with Gasteiger partial charge in [0.15, 0.2) is 0 Å². The smallest absolute Gasteiger partial charge is 0.329 e. The average Bonchev–Trinajstić information content (AvgIpc) is 2.86. The molecular weight excluding hydrogens is 276 g/mol. The maximum Gasteiger partial charge on any atom is 0.329 e. The largest absolute Gasteiger partial charge is 0.467 e. The summed E-state index contributed by atoms with van der Waals surface area (Å²) in [6.45, 7) is 0.480. The number of nitrogens with zero attached hydrogens (tertiary/aromatic N) is 4. The van der Waals surface area contributed by atoms with Crippen LogP contribution in [0.3, 0.4) is 0 Å². The lowest BCUT2D eigenvalue weighted by Gasteiger charge is -2.22. The van der Waals surface area contributed by atoms with Crippen molar-refractivity contribution < 1.29 is 14.5 Å². The van der Waals surface area contributed by atoms with Crippen LogP contribution in [0.15, 0.2) is 6.20 Å². The third-order valence-electron chi connectivity index (χ3n) is 2.92. The molecule has 2 rings (SSSR count). The number of hydrogen-bond acceptors (Lipinski definition) is 7. The monoisotopic (exact) mass is 286 g/mol. The molecule has 0 aromatic carbocycles. The van der Waals surface area contributed by atoms with E-state index in [2.05, 4.69) is 14.7 Å². The summed E-state index contributed by atoms with van der Waals surface area (Å²) in [6, 6.07) is -0.574. The third kappa shape index (κ3) is 2.58. The van der Waals surface area contributed by atoms with Gasteiger partial charge in [0.2, 0.25) is 11.1 Å². The van der Waals surface area contributed by atoms with E-state index < -0.39 is 16.9 Å². The Balaban J connectivity index is 2.42. The number of anilines is 1. The molecule has 102 valence electrons. The van der Waals surface area contributed by atoms with Crippen LogP contribution >= 0.6 is 11.6 Å². The van der Waals surface area contributed by atoms with Crippen LogP contribution in [0.2, 0.25) is 5.28 Å². The first-order valence-corrected chi connectivity index (χ1v) is 5.93. The molecule has 0 N–H and O–H groups in total. The van der Waals surface area contributed by atoms with Gasteiger partial charge in [-0.2, -0.15) is 4.98 Å². The molecule has 2 heterocycles. The summed E-state index contributed by atoms with van der Waals surface area (Å²) < 4.78 is 4.69.